The fourth-order valence-electron chi connectivity index (χ4n) is 8.44. The first-order chi connectivity index (χ1) is 23.2. The molecule has 2 bridgehead atoms. The smallest absolute Gasteiger partial charge is 0.410 e. The number of hydrogen-bond acceptors (Lipinski definition) is 7. The largest absolute Gasteiger partial charge is 0.436 e. The number of piperazine rings is 1. The van der Waals surface area contributed by atoms with Gasteiger partial charge >= 0.3 is 11.8 Å². The molecule has 0 radical (unpaired) electrons. The molecule has 5 heterocycles. The summed E-state index contributed by atoms with van der Waals surface area (Å²) in [6, 6.07) is 12.8. The van der Waals surface area contributed by atoms with Gasteiger partial charge < -0.3 is 30.2 Å². The van der Waals surface area contributed by atoms with Gasteiger partial charge in [-0.15, -0.1) is 6.42 Å². The quantitative estimate of drug-likeness (QED) is 0.303. The molecule has 4 aliphatic rings. The van der Waals surface area contributed by atoms with Crippen LogP contribution in [0.3, 0.4) is 0 Å². The molecule has 12 heteroatoms. The van der Waals surface area contributed by atoms with Gasteiger partial charge in [-0.3, -0.25) is 14.3 Å². The number of aromatic amines is 1. The van der Waals surface area contributed by atoms with E-state index in [0.29, 0.717) is 79.0 Å². The van der Waals surface area contributed by atoms with E-state index in [1.807, 2.05) is 29.2 Å². The minimum absolute atomic E-state index is 0.0507. The molecular formula is C36H44ClN7O4. The molecule has 4 aliphatic heterocycles. The van der Waals surface area contributed by atoms with Gasteiger partial charge in [0.2, 0.25) is 0 Å². The van der Waals surface area contributed by atoms with Crippen LogP contribution in [0.2, 0.25) is 5.02 Å². The number of carbonyl (C=O) groups is 2. The summed E-state index contributed by atoms with van der Waals surface area (Å²) in [7, 11) is 2.25. The van der Waals surface area contributed by atoms with Crippen molar-refractivity contribution in [3.8, 4) is 12.3 Å². The Hall–Kier alpha value is -3.98. The Kier molecular flexibility index (Phi) is 9.16. The fourth-order valence-corrected chi connectivity index (χ4v) is 8.68. The number of carbonyl (C=O) groups excluding carboxylic acids is 2. The number of benzene rings is 2. The molecule has 2 aromatic carbocycles. The van der Waals surface area contributed by atoms with Crippen molar-refractivity contribution in [2.45, 2.75) is 75.2 Å². The molecule has 1 aromatic heterocycles. The van der Waals surface area contributed by atoms with E-state index in [4.69, 9.17) is 28.5 Å². The number of ether oxygens (including phenoxy) is 1. The lowest BCUT2D eigenvalue weighted by molar-refractivity contribution is -0.143. The molecule has 0 aliphatic carbocycles. The minimum Gasteiger partial charge on any atom is -0.436 e. The summed E-state index contributed by atoms with van der Waals surface area (Å²) in [6.45, 7) is 3.58. The molecular weight excluding hydrogens is 630 g/mol. The van der Waals surface area contributed by atoms with Crippen LogP contribution in [0.1, 0.15) is 55.7 Å². The molecule has 7 rings (SSSR count). The second-order valence-electron chi connectivity index (χ2n) is 13.8. The van der Waals surface area contributed by atoms with E-state index in [1.54, 1.807) is 21.6 Å². The lowest BCUT2D eigenvalue weighted by Crippen LogP contribution is -2.57. The predicted molar refractivity (Wildman–Crippen MR) is 186 cm³/mol. The zero-order chi connectivity index (χ0) is 33.5. The number of imidazole rings is 1. The highest BCUT2D eigenvalue weighted by Gasteiger charge is 2.42. The first-order valence-electron chi connectivity index (χ1n) is 17.1. The number of nitrogens with two attached hydrogens (primary N) is 1. The van der Waals surface area contributed by atoms with Gasteiger partial charge in [-0.1, -0.05) is 29.7 Å². The maximum atomic E-state index is 14.1. The van der Waals surface area contributed by atoms with Crippen molar-refractivity contribution in [1.82, 2.24) is 29.2 Å². The molecule has 3 atom stereocenters. The highest BCUT2D eigenvalue weighted by atomic mass is 35.5. The van der Waals surface area contributed by atoms with Crippen molar-refractivity contribution >= 4 is 40.3 Å². The molecule has 2 unspecified atom stereocenters. The van der Waals surface area contributed by atoms with Gasteiger partial charge in [0.25, 0.3) is 5.91 Å². The summed E-state index contributed by atoms with van der Waals surface area (Å²) < 4.78 is 7.83. The highest BCUT2D eigenvalue weighted by molar-refractivity contribution is 6.33. The van der Waals surface area contributed by atoms with Crippen LogP contribution in [0.25, 0.3) is 11.0 Å². The van der Waals surface area contributed by atoms with Gasteiger partial charge in [-0.05, 0) is 75.4 Å². The second kappa shape index (κ2) is 13.5. The van der Waals surface area contributed by atoms with Gasteiger partial charge in [0.05, 0.1) is 21.7 Å². The predicted octanol–water partition coefficient (Wildman–Crippen LogP) is 3.70. The molecule has 4 saturated heterocycles. The fraction of sp³-hybridized carbons (Fsp3) is 0.528. The number of fused-ring (bicyclic) bond motifs is 3. The van der Waals surface area contributed by atoms with E-state index in [0.717, 1.165) is 24.1 Å². The van der Waals surface area contributed by atoms with Crippen molar-refractivity contribution in [3.63, 3.8) is 0 Å². The molecule has 4 fully saturated rings. The van der Waals surface area contributed by atoms with E-state index in [1.165, 1.54) is 25.7 Å². The Labute approximate surface area is 285 Å². The van der Waals surface area contributed by atoms with Gasteiger partial charge in [-0.2, -0.15) is 0 Å². The summed E-state index contributed by atoms with van der Waals surface area (Å²) in [5.41, 5.74) is 8.97. The zero-order valence-corrected chi connectivity index (χ0v) is 28.2. The number of rotatable bonds is 6. The minimum atomic E-state index is -1.05. The van der Waals surface area contributed by atoms with Crippen LogP contribution in [0.15, 0.2) is 41.2 Å². The first-order valence-corrected chi connectivity index (χ1v) is 17.5. The number of halogens is 1. The second-order valence-corrected chi connectivity index (χ2v) is 14.2. The number of piperidine rings is 2. The number of aromatic nitrogens is 2. The van der Waals surface area contributed by atoms with E-state index in [2.05, 4.69) is 27.8 Å². The number of para-hydroxylation sites is 2. The van der Waals surface area contributed by atoms with Crippen molar-refractivity contribution in [1.29, 1.82) is 0 Å². The summed E-state index contributed by atoms with van der Waals surface area (Å²) in [5, 5.41) is 0.299. The van der Waals surface area contributed by atoms with E-state index < -0.39 is 12.2 Å². The summed E-state index contributed by atoms with van der Waals surface area (Å²) in [6.07, 6.45) is 10.3. The van der Waals surface area contributed by atoms with E-state index >= 15 is 0 Å². The molecule has 0 spiro atoms. The Balaban J connectivity index is 1.03. The van der Waals surface area contributed by atoms with Crippen LogP contribution in [0.4, 0.5) is 10.5 Å². The van der Waals surface area contributed by atoms with Gasteiger partial charge in [0.15, 0.2) is 6.10 Å². The van der Waals surface area contributed by atoms with Gasteiger partial charge in [0, 0.05) is 75.4 Å². The summed E-state index contributed by atoms with van der Waals surface area (Å²) in [5.74, 6) is 2.34. The number of anilines is 1. The summed E-state index contributed by atoms with van der Waals surface area (Å²) >= 11 is 6.40. The molecule has 2 amide bonds. The number of terminal acetylenes is 1. The van der Waals surface area contributed by atoms with Crippen molar-refractivity contribution in [2.75, 3.05) is 52.0 Å². The molecule has 3 N–H and O–H groups in total. The number of nitrogens with zero attached hydrogens (tertiary/aromatic N) is 5. The Morgan fingerprint density at radius 3 is 2.35 bits per heavy atom. The SMILES string of the molecule is C#Cc1cc(C[C@@H](OC(=O)N2CCC(n3c(=O)[nH]c4ccccc43)CC2)C(=O)N2CCN(C3CC4CCC(C3)N4C)CC2)cc(Cl)c1N. The average Bonchev–Trinajstić information content (AvgIpc) is 3.52. The standard InChI is InChI=1S/C36H44ClN7O4/c1-3-24-18-23(19-29(37)33(24)38)20-32(34(45)42-16-14-41(15-17-42)28-21-26-8-9-27(22-28)40(26)2)48-36(47)43-12-10-25(11-13-43)44-31-7-5-4-6-30(31)39-35(44)46/h1,4-7,18-19,25-28,32H,8-17,20-22,38H2,2H3,(H,39,46)/t26?,27?,28?,32-/m1/s1. The Morgan fingerprint density at radius 2 is 1.67 bits per heavy atom. The maximum absolute atomic E-state index is 14.1. The average molecular weight is 674 g/mol. The number of nitrogens with one attached hydrogen (secondary N) is 1. The van der Waals surface area contributed by atoms with Crippen LogP contribution >= 0.6 is 11.6 Å². The van der Waals surface area contributed by atoms with Gasteiger partial charge in [0.1, 0.15) is 0 Å². The maximum Gasteiger partial charge on any atom is 0.410 e. The topological polar surface area (TPSA) is 120 Å². The third-order valence-electron chi connectivity index (χ3n) is 11.2. The molecule has 0 saturated carbocycles. The number of H-pyrrole nitrogens is 1. The first kappa shape index (κ1) is 32.6. The van der Waals surface area contributed by atoms with Crippen molar-refractivity contribution in [2.24, 2.45) is 0 Å². The van der Waals surface area contributed by atoms with Crippen LogP contribution in [-0.4, -0.2) is 112 Å². The summed E-state index contributed by atoms with van der Waals surface area (Å²) in [4.78, 5) is 52.0. The lowest BCUT2D eigenvalue weighted by Gasteiger charge is -2.45. The van der Waals surface area contributed by atoms with Crippen molar-refractivity contribution < 1.29 is 14.3 Å². The number of likely N-dealkylation sites (tertiary alicyclic amines) is 1. The third-order valence-corrected chi connectivity index (χ3v) is 11.5. The number of amides is 2. The van der Waals surface area contributed by atoms with Crippen LogP contribution in [0, 0.1) is 12.3 Å². The van der Waals surface area contributed by atoms with E-state index in [-0.39, 0.29) is 24.1 Å². The number of nitrogen functional groups attached to an aromatic ring is 1. The van der Waals surface area contributed by atoms with Crippen molar-refractivity contribution in [3.05, 3.63) is 63.0 Å². The molecule has 11 nitrogen and oxygen atoms in total. The molecule has 3 aromatic rings. The molecule has 48 heavy (non-hydrogen) atoms. The normalized spacial score (nSPS) is 24.5. The van der Waals surface area contributed by atoms with Crippen LogP contribution in [-0.2, 0) is 16.0 Å². The van der Waals surface area contributed by atoms with Crippen LogP contribution < -0.4 is 11.4 Å². The monoisotopic (exact) mass is 673 g/mol. The van der Waals surface area contributed by atoms with Crippen LogP contribution in [0.5, 0.6) is 0 Å². The number of hydrogen-bond donors (Lipinski definition) is 2. The Morgan fingerprint density at radius 1 is 0.979 bits per heavy atom. The zero-order valence-electron chi connectivity index (χ0n) is 27.4. The highest BCUT2D eigenvalue weighted by Crippen LogP contribution is 2.36. The van der Waals surface area contributed by atoms with Gasteiger partial charge in [-0.25, -0.2) is 9.59 Å². The Bertz CT molecular complexity index is 1770. The third kappa shape index (κ3) is 6.29. The van der Waals surface area contributed by atoms with E-state index in [9.17, 15) is 14.4 Å². The lowest BCUT2D eigenvalue weighted by atomic mass is 9.96. The molecule has 254 valence electrons.